The van der Waals surface area contributed by atoms with Gasteiger partial charge in [-0.05, 0) is 88.9 Å². The second-order valence-electron chi connectivity index (χ2n) is 15.3. The minimum absolute atomic E-state index is 0.0326. The first-order valence-electron chi connectivity index (χ1n) is 18.0. The van der Waals surface area contributed by atoms with Gasteiger partial charge in [0.1, 0.15) is 31.0 Å². The molecule has 8 nitrogen and oxygen atoms in total. The summed E-state index contributed by atoms with van der Waals surface area (Å²) in [5, 5.41) is 0. The summed E-state index contributed by atoms with van der Waals surface area (Å²) >= 11 is 0. The third-order valence-corrected chi connectivity index (χ3v) is 11.9. The van der Waals surface area contributed by atoms with Crippen LogP contribution in [0.5, 0.6) is 0 Å². The van der Waals surface area contributed by atoms with Crippen molar-refractivity contribution in [3.63, 3.8) is 0 Å². The molecule has 0 aromatic heterocycles. The van der Waals surface area contributed by atoms with E-state index in [1.54, 1.807) is 0 Å². The van der Waals surface area contributed by atoms with Crippen molar-refractivity contribution in [3.05, 3.63) is 0 Å². The molecule has 8 rings (SSSR count). The highest BCUT2D eigenvalue weighted by Gasteiger charge is 2.56. The first-order valence-corrected chi connectivity index (χ1v) is 18.0. The van der Waals surface area contributed by atoms with Crippen LogP contribution in [0, 0.1) is 23.2 Å². The zero-order chi connectivity index (χ0) is 29.3. The molecule has 8 aliphatic rings. The van der Waals surface area contributed by atoms with Gasteiger partial charge in [-0.3, -0.25) is 4.79 Å². The zero-order valence-corrected chi connectivity index (χ0v) is 26.5. The van der Waals surface area contributed by atoms with Crippen LogP contribution in [0.25, 0.3) is 0 Å². The van der Waals surface area contributed by atoms with Crippen LogP contribution in [-0.4, -0.2) is 81.4 Å². The molecule has 1 spiro atoms. The van der Waals surface area contributed by atoms with Gasteiger partial charge < -0.3 is 33.2 Å². The van der Waals surface area contributed by atoms with E-state index in [0.29, 0.717) is 26.2 Å². The predicted octanol–water partition coefficient (Wildman–Crippen LogP) is 6.12. The lowest BCUT2D eigenvalue weighted by Gasteiger charge is -2.55. The van der Waals surface area contributed by atoms with Crippen LogP contribution in [0.15, 0.2) is 0 Å². The van der Waals surface area contributed by atoms with Gasteiger partial charge in [-0.1, -0.05) is 25.7 Å². The van der Waals surface area contributed by atoms with E-state index in [4.69, 9.17) is 33.2 Å². The molecule has 0 radical (unpaired) electrons. The van der Waals surface area contributed by atoms with E-state index < -0.39 is 5.79 Å². The van der Waals surface area contributed by atoms with Crippen molar-refractivity contribution in [3.8, 4) is 0 Å². The fourth-order valence-corrected chi connectivity index (χ4v) is 10.2. The van der Waals surface area contributed by atoms with Crippen LogP contribution in [0.3, 0.4) is 0 Å². The van der Waals surface area contributed by atoms with Crippen LogP contribution in [0.2, 0.25) is 0 Å². The average Bonchev–Trinajstić information content (AvgIpc) is 3.53. The van der Waals surface area contributed by atoms with E-state index in [2.05, 4.69) is 6.92 Å². The Hall–Kier alpha value is -0.770. The quantitative estimate of drug-likeness (QED) is 0.242. The molecule has 0 aromatic carbocycles. The number of esters is 1. The summed E-state index contributed by atoms with van der Waals surface area (Å²) in [4.78, 5) is 13.2. The van der Waals surface area contributed by atoms with Crippen molar-refractivity contribution in [1.29, 1.82) is 0 Å². The molecule has 5 aliphatic carbocycles. The summed E-state index contributed by atoms with van der Waals surface area (Å²) in [5.74, 6) is 1.80. The molecule has 5 saturated carbocycles. The van der Waals surface area contributed by atoms with Gasteiger partial charge in [-0.15, -0.1) is 0 Å². The number of hydrogen-bond acceptors (Lipinski definition) is 8. The molecule has 6 unspecified atom stereocenters. The Morgan fingerprint density at radius 1 is 0.791 bits per heavy atom. The molecule has 6 atom stereocenters. The van der Waals surface area contributed by atoms with Crippen molar-refractivity contribution in [1.82, 2.24) is 0 Å². The molecule has 3 aliphatic heterocycles. The van der Waals surface area contributed by atoms with E-state index in [9.17, 15) is 4.79 Å². The van der Waals surface area contributed by atoms with Gasteiger partial charge in [0, 0.05) is 32.5 Å². The Labute approximate surface area is 258 Å². The number of fused-ring (bicyclic) bond motifs is 1. The number of ether oxygens (including phenoxy) is 7. The lowest BCUT2D eigenvalue weighted by molar-refractivity contribution is -0.203. The highest BCUT2D eigenvalue weighted by atomic mass is 16.8. The first-order chi connectivity index (χ1) is 21.0. The van der Waals surface area contributed by atoms with E-state index in [1.807, 2.05) is 0 Å². The Bertz CT molecular complexity index is 898. The maximum absolute atomic E-state index is 13.2. The summed E-state index contributed by atoms with van der Waals surface area (Å²) in [6.07, 6.45) is 18.1. The average molecular weight is 605 g/mol. The maximum atomic E-state index is 13.2. The molecular weight excluding hydrogens is 548 g/mol. The summed E-state index contributed by atoms with van der Waals surface area (Å²) in [7, 11) is 0. The molecule has 4 bridgehead atoms. The van der Waals surface area contributed by atoms with Gasteiger partial charge in [-0.25, -0.2) is 0 Å². The highest BCUT2D eigenvalue weighted by molar-refractivity contribution is 5.77. The molecule has 0 amide bonds. The van der Waals surface area contributed by atoms with Gasteiger partial charge in [0.15, 0.2) is 5.79 Å². The standard InChI is InChI=1S/C35H56O8/c1-24(37-14-15-40-33(36)34-20-25-17-26(21-34)19-27(18-25)22-34)16-28-30-32(39-13-9-4-2-3-8-12-38-30)31(42-28)29-23-41-35(43-29)10-6-5-7-11-35/h24-32H,2-23H2,1H3. The zero-order valence-electron chi connectivity index (χ0n) is 26.5. The van der Waals surface area contributed by atoms with Crippen LogP contribution in [0.4, 0.5) is 0 Å². The third kappa shape index (κ3) is 6.85. The van der Waals surface area contributed by atoms with E-state index in [-0.39, 0.29) is 48.0 Å². The minimum atomic E-state index is -0.446. The Kier molecular flexibility index (Phi) is 9.71. The van der Waals surface area contributed by atoms with Crippen molar-refractivity contribution >= 4 is 5.97 Å². The number of hydrogen-bond donors (Lipinski definition) is 0. The van der Waals surface area contributed by atoms with Gasteiger partial charge in [0.25, 0.3) is 0 Å². The molecular formula is C35H56O8. The van der Waals surface area contributed by atoms with Gasteiger partial charge in [0.05, 0.1) is 30.8 Å². The van der Waals surface area contributed by atoms with Gasteiger partial charge >= 0.3 is 5.97 Å². The number of carbonyl (C=O) groups is 1. The van der Waals surface area contributed by atoms with Gasteiger partial charge in [0.2, 0.25) is 0 Å². The Morgan fingerprint density at radius 3 is 2.12 bits per heavy atom. The predicted molar refractivity (Wildman–Crippen MR) is 159 cm³/mol. The molecule has 8 fully saturated rings. The van der Waals surface area contributed by atoms with Crippen LogP contribution < -0.4 is 0 Å². The van der Waals surface area contributed by atoms with Crippen molar-refractivity contribution in [2.75, 3.05) is 33.0 Å². The normalized spacial score (nSPS) is 43.3. The Morgan fingerprint density at radius 2 is 1.42 bits per heavy atom. The molecule has 43 heavy (non-hydrogen) atoms. The van der Waals surface area contributed by atoms with Gasteiger partial charge in [-0.2, -0.15) is 0 Å². The Balaban J connectivity index is 0.934. The number of rotatable bonds is 8. The maximum Gasteiger partial charge on any atom is 0.312 e. The molecule has 8 heteroatoms. The van der Waals surface area contributed by atoms with E-state index >= 15 is 0 Å². The second kappa shape index (κ2) is 13.5. The van der Waals surface area contributed by atoms with Crippen LogP contribution in [0.1, 0.15) is 116 Å². The largest absolute Gasteiger partial charge is 0.463 e. The minimum Gasteiger partial charge on any atom is -0.463 e. The molecule has 3 saturated heterocycles. The van der Waals surface area contributed by atoms with Crippen molar-refractivity contribution < 1.29 is 38.0 Å². The monoisotopic (exact) mass is 604 g/mol. The summed E-state index contributed by atoms with van der Waals surface area (Å²) in [5.41, 5.74) is -0.212. The lowest BCUT2D eigenvalue weighted by atomic mass is 9.49. The summed E-state index contributed by atoms with van der Waals surface area (Å²) < 4.78 is 44.9. The van der Waals surface area contributed by atoms with Crippen LogP contribution in [-0.2, 0) is 38.0 Å². The number of carbonyl (C=O) groups excluding carboxylic acids is 1. The van der Waals surface area contributed by atoms with Crippen LogP contribution >= 0.6 is 0 Å². The summed E-state index contributed by atoms with van der Waals surface area (Å²) in [6, 6.07) is 0. The molecule has 0 aromatic rings. The van der Waals surface area contributed by atoms with E-state index in [1.165, 1.54) is 44.9 Å². The highest BCUT2D eigenvalue weighted by Crippen LogP contribution is 2.60. The fraction of sp³-hybridized carbons (Fsp3) is 0.971. The third-order valence-electron chi connectivity index (χ3n) is 11.9. The summed E-state index contributed by atoms with van der Waals surface area (Å²) in [6.45, 7) is 4.80. The molecule has 0 N–H and O–H groups in total. The SMILES string of the molecule is CC(CC1OC(C2COC3(CCCCC3)O2)C2OCCCCCCCOC12)OCCOC(=O)C12CC3CC(CC(C3)C1)C2. The van der Waals surface area contributed by atoms with E-state index in [0.717, 1.165) is 88.8 Å². The topological polar surface area (TPSA) is 81.7 Å². The first kappa shape index (κ1) is 30.9. The smallest absolute Gasteiger partial charge is 0.312 e. The molecule has 3 heterocycles. The van der Waals surface area contributed by atoms with Crippen molar-refractivity contribution in [2.24, 2.45) is 23.2 Å². The second-order valence-corrected chi connectivity index (χ2v) is 15.3. The fourth-order valence-electron chi connectivity index (χ4n) is 10.2. The lowest BCUT2D eigenvalue weighted by Crippen LogP contribution is -2.50. The van der Waals surface area contributed by atoms with Crippen molar-refractivity contribution in [2.45, 2.75) is 158 Å². The molecule has 244 valence electrons.